The summed E-state index contributed by atoms with van der Waals surface area (Å²) < 4.78 is 5.13. The van der Waals surface area contributed by atoms with E-state index in [-0.39, 0.29) is 0 Å². The number of nitrogens with zero attached hydrogens (tertiary/aromatic N) is 1. The van der Waals surface area contributed by atoms with Gasteiger partial charge in [0.05, 0.1) is 21.8 Å². The van der Waals surface area contributed by atoms with Crippen molar-refractivity contribution >= 4 is 80.1 Å². The summed E-state index contributed by atoms with van der Waals surface area (Å²) in [5, 5.41) is 5.09. The number of fused-ring (bicyclic) bond motifs is 6. The summed E-state index contributed by atoms with van der Waals surface area (Å²) in [6, 6.07) is 77.6. The Morgan fingerprint density at radius 1 is 0.281 bits per heavy atom. The first-order chi connectivity index (χ1) is 28.3. The van der Waals surface area contributed by atoms with Crippen LogP contribution in [-0.4, -0.2) is 0 Å². The summed E-state index contributed by atoms with van der Waals surface area (Å²) >= 11 is 3.78. The van der Waals surface area contributed by atoms with Gasteiger partial charge in [-0.2, -0.15) is 0 Å². The molecule has 0 spiro atoms. The predicted octanol–water partition coefficient (Wildman–Crippen LogP) is 16.6. The van der Waals surface area contributed by atoms with Crippen LogP contribution in [0.1, 0.15) is 0 Å². The van der Waals surface area contributed by atoms with E-state index in [0.717, 1.165) is 5.69 Å². The molecule has 0 unspecified atom stereocenters. The minimum absolute atomic E-state index is 1.14. The van der Waals surface area contributed by atoms with Crippen molar-refractivity contribution in [2.45, 2.75) is 0 Å². The van der Waals surface area contributed by atoms with Crippen LogP contribution in [0, 0.1) is 0 Å². The fourth-order valence-electron chi connectivity index (χ4n) is 8.39. The number of anilines is 3. The van der Waals surface area contributed by atoms with Crippen LogP contribution >= 0.6 is 22.7 Å². The Bertz CT molecular complexity index is 3220. The second-order valence-electron chi connectivity index (χ2n) is 14.4. The summed E-state index contributed by atoms with van der Waals surface area (Å²) in [7, 11) is 0. The average Bonchev–Trinajstić information content (AvgIpc) is 3.87. The number of hydrogen-bond donors (Lipinski definition) is 0. The minimum Gasteiger partial charge on any atom is -0.308 e. The molecule has 0 aliphatic carbocycles. The van der Waals surface area contributed by atoms with Crippen molar-refractivity contribution in [1.29, 1.82) is 0 Å². The smallest absolute Gasteiger partial charge is 0.0640 e. The molecule has 268 valence electrons. The van der Waals surface area contributed by atoms with Gasteiger partial charge in [-0.25, -0.2) is 0 Å². The largest absolute Gasteiger partial charge is 0.308 e. The molecular formula is C54H35NS2. The van der Waals surface area contributed by atoms with Crippen LogP contribution in [0.15, 0.2) is 212 Å². The first-order valence-corrected chi connectivity index (χ1v) is 21.0. The number of thiophene rings is 2. The average molecular weight is 762 g/mol. The monoisotopic (exact) mass is 761 g/mol. The maximum atomic E-state index is 2.56. The zero-order valence-corrected chi connectivity index (χ0v) is 32.6. The van der Waals surface area contributed by atoms with Crippen molar-refractivity contribution in [3.8, 4) is 44.5 Å². The van der Waals surface area contributed by atoms with Crippen molar-refractivity contribution in [2.24, 2.45) is 0 Å². The van der Waals surface area contributed by atoms with E-state index >= 15 is 0 Å². The molecule has 9 aromatic carbocycles. The van der Waals surface area contributed by atoms with Crippen molar-refractivity contribution in [2.75, 3.05) is 4.90 Å². The van der Waals surface area contributed by atoms with Gasteiger partial charge < -0.3 is 4.90 Å². The molecule has 0 amide bonds. The lowest BCUT2D eigenvalue weighted by atomic mass is 9.95. The molecule has 1 nitrogen and oxygen atoms in total. The summed E-state index contributed by atoms with van der Waals surface area (Å²) in [6.07, 6.45) is 0. The normalized spacial score (nSPS) is 11.5. The molecular weight excluding hydrogens is 727 g/mol. The molecule has 0 fully saturated rings. The van der Waals surface area contributed by atoms with Gasteiger partial charge in [-0.1, -0.05) is 176 Å². The molecule has 3 heteroatoms. The van der Waals surface area contributed by atoms with Gasteiger partial charge in [0, 0.05) is 41.2 Å². The third-order valence-electron chi connectivity index (χ3n) is 11.1. The Kier molecular flexibility index (Phi) is 8.28. The lowest BCUT2D eigenvalue weighted by Crippen LogP contribution is -2.12. The predicted molar refractivity (Wildman–Crippen MR) is 249 cm³/mol. The lowest BCUT2D eigenvalue weighted by molar-refractivity contribution is 1.32. The maximum Gasteiger partial charge on any atom is 0.0640 e. The minimum atomic E-state index is 1.14. The highest BCUT2D eigenvalue weighted by molar-refractivity contribution is 7.27. The third-order valence-corrected chi connectivity index (χ3v) is 13.5. The first-order valence-electron chi connectivity index (χ1n) is 19.3. The molecule has 0 N–H and O–H groups in total. The molecule has 0 bridgehead atoms. The van der Waals surface area contributed by atoms with Crippen LogP contribution in [-0.2, 0) is 0 Å². The van der Waals surface area contributed by atoms with Crippen LogP contribution in [0.5, 0.6) is 0 Å². The van der Waals surface area contributed by atoms with E-state index in [0.29, 0.717) is 0 Å². The van der Waals surface area contributed by atoms with Gasteiger partial charge in [0.15, 0.2) is 0 Å². The van der Waals surface area contributed by atoms with Gasteiger partial charge in [-0.3, -0.25) is 0 Å². The van der Waals surface area contributed by atoms with E-state index in [4.69, 9.17) is 0 Å². The number of rotatable bonds is 7. The molecule has 0 saturated carbocycles. The summed E-state index contributed by atoms with van der Waals surface area (Å²) in [4.78, 5) is 2.56. The highest BCUT2D eigenvalue weighted by Crippen LogP contribution is 2.53. The first kappa shape index (κ1) is 33.5. The SMILES string of the molecule is c1ccc(-c2ccc(N(c3cccc4c3sc3cc(-c5ccccc5)ccc34)c3ccc(-c4ccccc4)c4sc5ccccc5c34)c(-c3ccccc3)c2)cc1. The van der Waals surface area contributed by atoms with Gasteiger partial charge in [0.1, 0.15) is 0 Å². The summed E-state index contributed by atoms with van der Waals surface area (Å²) in [5.41, 5.74) is 13.2. The number of hydrogen-bond acceptors (Lipinski definition) is 3. The van der Waals surface area contributed by atoms with E-state index in [1.165, 1.54) is 96.2 Å². The summed E-state index contributed by atoms with van der Waals surface area (Å²) in [5.74, 6) is 0. The molecule has 0 radical (unpaired) electrons. The van der Waals surface area contributed by atoms with Crippen molar-refractivity contribution in [1.82, 2.24) is 0 Å². The van der Waals surface area contributed by atoms with Crippen LogP contribution in [0.2, 0.25) is 0 Å². The van der Waals surface area contributed by atoms with Gasteiger partial charge >= 0.3 is 0 Å². The molecule has 0 saturated heterocycles. The van der Waals surface area contributed by atoms with Crippen LogP contribution < -0.4 is 4.90 Å². The standard InChI is InChI=1S/C54H35NS2/c1-5-16-36(17-6-1)40-29-32-47(46(34-40)39-22-11-4-12-23-39)55(48-33-31-42(38-20-9-3-10-21-38)54-52(48)45-24-13-14-27-50(45)56-54)49-26-15-25-44-43-30-28-41(35-51(43)57-53(44)49)37-18-7-2-8-19-37/h1-35H. The Morgan fingerprint density at radius 3 is 1.53 bits per heavy atom. The molecule has 0 aliphatic rings. The van der Waals surface area contributed by atoms with E-state index in [2.05, 4.69) is 217 Å². The van der Waals surface area contributed by atoms with E-state index in [9.17, 15) is 0 Å². The fraction of sp³-hybridized carbons (Fsp3) is 0. The van der Waals surface area contributed by atoms with Crippen LogP contribution in [0.3, 0.4) is 0 Å². The van der Waals surface area contributed by atoms with Gasteiger partial charge in [-0.05, 0) is 75.3 Å². The van der Waals surface area contributed by atoms with Crippen molar-refractivity contribution in [3.05, 3.63) is 212 Å². The Labute approximate surface area is 340 Å². The molecule has 2 aromatic heterocycles. The number of benzene rings is 9. The van der Waals surface area contributed by atoms with Crippen molar-refractivity contribution in [3.63, 3.8) is 0 Å². The molecule has 57 heavy (non-hydrogen) atoms. The van der Waals surface area contributed by atoms with Crippen LogP contribution in [0.4, 0.5) is 17.1 Å². The Hall–Kier alpha value is -6.78. The molecule has 11 rings (SSSR count). The quantitative estimate of drug-likeness (QED) is 0.156. The molecule has 2 heterocycles. The van der Waals surface area contributed by atoms with Crippen LogP contribution in [0.25, 0.3) is 84.9 Å². The Balaban J connectivity index is 1.24. The molecule has 0 atom stereocenters. The Morgan fingerprint density at radius 2 is 0.825 bits per heavy atom. The van der Waals surface area contributed by atoms with Gasteiger partial charge in [0.2, 0.25) is 0 Å². The van der Waals surface area contributed by atoms with E-state index < -0.39 is 0 Å². The zero-order valence-electron chi connectivity index (χ0n) is 31.0. The zero-order chi connectivity index (χ0) is 37.7. The third kappa shape index (κ3) is 5.83. The fourth-order valence-corrected chi connectivity index (χ4v) is 10.9. The highest BCUT2D eigenvalue weighted by atomic mass is 32.1. The highest BCUT2D eigenvalue weighted by Gasteiger charge is 2.26. The maximum absolute atomic E-state index is 2.56. The lowest BCUT2D eigenvalue weighted by Gasteiger charge is -2.30. The van der Waals surface area contributed by atoms with Gasteiger partial charge in [0.25, 0.3) is 0 Å². The second kappa shape index (κ2) is 14.1. The van der Waals surface area contributed by atoms with E-state index in [1.54, 1.807) is 0 Å². The second-order valence-corrected chi connectivity index (χ2v) is 16.5. The van der Waals surface area contributed by atoms with Crippen molar-refractivity contribution < 1.29 is 0 Å². The summed E-state index contributed by atoms with van der Waals surface area (Å²) in [6.45, 7) is 0. The molecule has 0 aliphatic heterocycles. The molecule has 11 aromatic rings. The topological polar surface area (TPSA) is 3.24 Å². The van der Waals surface area contributed by atoms with E-state index in [1.807, 2.05) is 22.7 Å². The van der Waals surface area contributed by atoms with Gasteiger partial charge in [-0.15, -0.1) is 22.7 Å².